The van der Waals surface area contributed by atoms with Crippen molar-refractivity contribution in [3.05, 3.63) is 71.3 Å². The van der Waals surface area contributed by atoms with E-state index in [4.69, 9.17) is 0 Å². The average molecular weight is 466 g/mol. The van der Waals surface area contributed by atoms with Gasteiger partial charge in [0.05, 0.1) is 0 Å². The second-order valence-corrected chi connectivity index (χ2v) is 6.50. The summed E-state index contributed by atoms with van der Waals surface area (Å²) >= 11 is 0. The maximum Gasteiger partial charge on any atom is 0.191 e. The third-order valence-electron chi connectivity index (χ3n) is 3.95. The molecule has 0 heterocycles. The molecule has 0 spiro atoms. The quantitative estimate of drug-likeness (QED) is 0.270. The van der Waals surface area contributed by atoms with E-state index in [1.807, 2.05) is 7.05 Å². The summed E-state index contributed by atoms with van der Waals surface area (Å²) < 4.78 is 0. The molecule has 0 unspecified atom stereocenters. The number of halogens is 1. The maximum absolute atomic E-state index is 4.30. The van der Waals surface area contributed by atoms with Gasteiger partial charge in [0, 0.05) is 26.7 Å². The number of hydrogen-bond acceptors (Lipinski definition) is 2. The number of hydrogen-bond donors (Lipinski definition) is 2. The maximum atomic E-state index is 4.30. The molecule has 0 saturated carbocycles. The third-order valence-corrected chi connectivity index (χ3v) is 3.95. The van der Waals surface area contributed by atoms with Gasteiger partial charge in [-0.1, -0.05) is 54.6 Å². The smallest absolute Gasteiger partial charge is 0.191 e. The van der Waals surface area contributed by atoms with E-state index in [1.54, 1.807) is 0 Å². The van der Waals surface area contributed by atoms with Crippen LogP contribution in [-0.2, 0) is 19.5 Å². The molecule has 0 amide bonds. The number of nitrogens with one attached hydrogen (secondary N) is 2. The number of guanidine groups is 1. The molecule has 0 aromatic heterocycles. The van der Waals surface area contributed by atoms with Crippen molar-refractivity contribution in [2.45, 2.75) is 25.9 Å². The van der Waals surface area contributed by atoms with Crippen LogP contribution in [-0.4, -0.2) is 38.5 Å². The Bertz CT molecular complexity index is 656. The van der Waals surface area contributed by atoms with Crippen molar-refractivity contribution in [2.24, 2.45) is 4.99 Å². The number of rotatable bonds is 8. The fraction of sp³-hybridized carbons (Fsp3) is 0.381. The first kappa shape index (κ1) is 22.4. The van der Waals surface area contributed by atoms with E-state index in [-0.39, 0.29) is 24.0 Å². The Morgan fingerprint density at radius 3 is 2.31 bits per heavy atom. The molecule has 2 aromatic carbocycles. The minimum atomic E-state index is 0. The molecule has 0 atom stereocenters. The molecule has 0 radical (unpaired) electrons. The van der Waals surface area contributed by atoms with Crippen LogP contribution in [0, 0.1) is 0 Å². The van der Waals surface area contributed by atoms with Crippen molar-refractivity contribution < 1.29 is 0 Å². The van der Waals surface area contributed by atoms with E-state index in [0.717, 1.165) is 38.4 Å². The van der Waals surface area contributed by atoms with Crippen LogP contribution in [0.15, 0.2) is 59.6 Å². The predicted octanol–water partition coefficient (Wildman–Crippen LogP) is 3.66. The van der Waals surface area contributed by atoms with Crippen molar-refractivity contribution in [1.29, 1.82) is 0 Å². The molecule has 0 saturated heterocycles. The average Bonchev–Trinajstić information content (AvgIpc) is 2.62. The van der Waals surface area contributed by atoms with Gasteiger partial charge in [0.15, 0.2) is 5.96 Å². The van der Waals surface area contributed by atoms with Crippen molar-refractivity contribution in [3.8, 4) is 0 Å². The van der Waals surface area contributed by atoms with Gasteiger partial charge < -0.3 is 15.5 Å². The lowest BCUT2D eigenvalue weighted by molar-refractivity contribution is 0.402. The van der Waals surface area contributed by atoms with Crippen LogP contribution < -0.4 is 10.6 Å². The fourth-order valence-electron chi connectivity index (χ4n) is 2.75. The topological polar surface area (TPSA) is 39.7 Å². The highest BCUT2D eigenvalue weighted by atomic mass is 127. The molecule has 0 fully saturated rings. The Kier molecular flexibility index (Phi) is 11.0. The lowest BCUT2D eigenvalue weighted by atomic mass is 10.1. The number of aryl methyl sites for hydroxylation is 1. The van der Waals surface area contributed by atoms with E-state index >= 15 is 0 Å². The number of nitrogens with zero attached hydrogens (tertiary/aromatic N) is 2. The zero-order valence-corrected chi connectivity index (χ0v) is 18.4. The van der Waals surface area contributed by atoms with Crippen LogP contribution in [0.1, 0.15) is 23.1 Å². The van der Waals surface area contributed by atoms with E-state index in [0.29, 0.717) is 0 Å². The minimum Gasteiger partial charge on any atom is -0.356 e. The predicted molar refractivity (Wildman–Crippen MR) is 122 cm³/mol. The lowest BCUT2D eigenvalue weighted by Crippen LogP contribution is -2.37. The first-order chi connectivity index (χ1) is 12.2. The molecular formula is C21H31IN4. The molecule has 0 aliphatic heterocycles. The molecule has 4 nitrogen and oxygen atoms in total. The first-order valence-corrected chi connectivity index (χ1v) is 8.88. The number of aliphatic imine (C=N–C) groups is 1. The minimum absolute atomic E-state index is 0. The molecule has 0 aliphatic rings. The van der Waals surface area contributed by atoms with E-state index in [2.05, 4.69) is 89.2 Å². The van der Waals surface area contributed by atoms with Crippen LogP contribution in [0.3, 0.4) is 0 Å². The summed E-state index contributed by atoms with van der Waals surface area (Å²) in [4.78, 5) is 6.49. The molecule has 2 rings (SSSR count). The summed E-state index contributed by atoms with van der Waals surface area (Å²) in [5, 5.41) is 6.78. The van der Waals surface area contributed by atoms with E-state index in [1.165, 1.54) is 16.7 Å². The molecule has 5 heteroatoms. The molecule has 2 N–H and O–H groups in total. The highest BCUT2D eigenvalue weighted by Gasteiger charge is 2.01. The Morgan fingerprint density at radius 2 is 1.62 bits per heavy atom. The van der Waals surface area contributed by atoms with Gasteiger partial charge in [0.25, 0.3) is 0 Å². The van der Waals surface area contributed by atoms with Gasteiger partial charge >= 0.3 is 0 Å². The van der Waals surface area contributed by atoms with Crippen LogP contribution in [0.5, 0.6) is 0 Å². The SMILES string of the molecule is CN=C(NCCCc1ccccc1)NCc1cccc(CN(C)C)c1.I. The van der Waals surface area contributed by atoms with Gasteiger partial charge in [0.1, 0.15) is 0 Å². The third kappa shape index (κ3) is 8.67. The molecular weight excluding hydrogens is 435 g/mol. The largest absolute Gasteiger partial charge is 0.356 e. The second kappa shape index (κ2) is 12.7. The van der Waals surface area contributed by atoms with Crippen LogP contribution >= 0.6 is 24.0 Å². The van der Waals surface area contributed by atoms with Crippen molar-refractivity contribution in [2.75, 3.05) is 27.7 Å². The monoisotopic (exact) mass is 466 g/mol. The van der Waals surface area contributed by atoms with Crippen LogP contribution in [0.25, 0.3) is 0 Å². The second-order valence-electron chi connectivity index (χ2n) is 6.50. The highest BCUT2D eigenvalue weighted by molar-refractivity contribution is 14.0. The van der Waals surface area contributed by atoms with Crippen LogP contribution in [0.2, 0.25) is 0 Å². The van der Waals surface area contributed by atoms with Gasteiger partial charge in [0.2, 0.25) is 0 Å². The molecule has 142 valence electrons. The number of benzene rings is 2. The van der Waals surface area contributed by atoms with Gasteiger partial charge in [-0.05, 0) is 43.6 Å². The van der Waals surface area contributed by atoms with Gasteiger partial charge in [-0.3, -0.25) is 4.99 Å². The van der Waals surface area contributed by atoms with Gasteiger partial charge in [-0.15, -0.1) is 24.0 Å². The summed E-state index contributed by atoms with van der Waals surface area (Å²) in [6.07, 6.45) is 2.17. The van der Waals surface area contributed by atoms with Gasteiger partial charge in [-0.25, -0.2) is 0 Å². The Hall–Kier alpha value is -1.60. The lowest BCUT2D eigenvalue weighted by Gasteiger charge is -2.14. The first-order valence-electron chi connectivity index (χ1n) is 8.88. The van der Waals surface area contributed by atoms with Crippen molar-refractivity contribution in [1.82, 2.24) is 15.5 Å². The van der Waals surface area contributed by atoms with E-state index < -0.39 is 0 Å². The molecule has 0 aliphatic carbocycles. The zero-order valence-electron chi connectivity index (χ0n) is 16.0. The fourth-order valence-corrected chi connectivity index (χ4v) is 2.75. The summed E-state index contributed by atoms with van der Waals surface area (Å²) in [5.74, 6) is 0.853. The van der Waals surface area contributed by atoms with E-state index in [9.17, 15) is 0 Å². The summed E-state index contributed by atoms with van der Waals surface area (Å²) in [7, 11) is 5.99. The standard InChI is InChI=1S/C21H30N4.HI/c1-22-21(23-14-8-13-18-9-5-4-6-10-18)24-16-19-11-7-12-20(15-19)17-25(2)3;/h4-7,9-12,15H,8,13-14,16-17H2,1-3H3,(H2,22,23,24);1H. The summed E-state index contributed by atoms with van der Waals surface area (Å²) in [6, 6.07) is 19.3. The zero-order chi connectivity index (χ0) is 17.9. The highest BCUT2D eigenvalue weighted by Crippen LogP contribution is 2.07. The Labute approximate surface area is 175 Å². The van der Waals surface area contributed by atoms with Gasteiger partial charge in [-0.2, -0.15) is 0 Å². The summed E-state index contributed by atoms with van der Waals surface area (Å²) in [5.41, 5.74) is 3.98. The molecule has 2 aromatic rings. The normalized spacial score (nSPS) is 11.2. The van der Waals surface area contributed by atoms with Crippen LogP contribution in [0.4, 0.5) is 0 Å². The summed E-state index contributed by atoms with van der Waals surface area (Å²) in [6.45, 7) is 2.65. The van der Waals surface area contributed by atoms with Crippen molar-refractivity contribution >= 4 is 29.9 Å². The molecule has 26 heavy (non-hydrogen) atoms. The molecule has 0 bridgehead atoms. The Balaban J connectivity index is 0.00000338. The van der Waals surface area contributed by atoms with Crippen molar-refractivity contribution in [3.63, 3.8) is 0 Å². The Morgan fingerprint density at radius 1 is 0.923 bits per heavy atom.